The Hall–Kier alpha value is -2.12. The molecule has 2 N–H and O–H groups in total. The van der Waals surface area contributed by atoms with Gasteiger partial charge in [-0.15, -0.1) is 22.7 Å². The molecule has 0 aliphatic rings. The molecule has 0 saturated heterocycles. The Morgan fingerprint density at radius 1 is 1.20 bits per heavy atom. The van der Waals surface area contributed by atoms with Crippen LogP contribution in [0.3, 0.4) is 0 Å². The number of oxazole rings is 1. The summed E-state index contributed by atoms with van der Waals surface area (Å²) in [4.78, 5) is 12.8. The second-order valence-electron chi connectivity index (χ2n) is 5.39. The Morgan fingerprint density at radius 2 is 2.08 bits per heavy atom. The molecule has 3 aromatic rings. The van der Waals surface area contributed by atoms with Gasteiger partial charge in [0.25, 0.3) is 0 Å². The molecule has 0 aromatic carbocycles. The van der Waals surface area contributed by atoms with Gasteiger partial charge in [0, 0.05) is 16.3 Å². The van der Waals surface area contributed by atoms with E-state index < -0.39 is 0 Å². The molecule has 0 fully saturated rings. The van der Waals surface area contributed by atoms with Crippen molar-refractivity contribution in [3.05, 3.63) is 51.4 Å². The van der Waals surface area contributed by atoms with Crippen LogP contribution in [0, 0.1) is 0 Å². The summed E-state index contributed by atoms with van der Waals surface area (Å²) < 4.78 is 5.54. The molecule has 3 aromatic heterocycles. The SMILES string of the molecule is CCNC(=NCc1coc(-c2cccs2)n1)NCc1ccc(CC)s1. The Labute approximate surface area is 155 Å². The zero-order valence-electron chi connectivity index (χ0n) is 14.4. The van der Waals surface area contributed by atoms with Crippen LogP contribution in [0.2, 0.25) is 0 Å². The van der Waals surface area contributed by atoms with Crippen LogP contribution in [0.25, 0.3) is 10.8 Å². The molecule has 3 heterocycles. The number of thiophene rings is 2. The Bertz CT molecular complexity index is 805. The largest absolute Gasteiger partial charge is 0.443 e. The minimum atomic E-state index is 0.481. The van der Waals surface area contributed by atoms with E-state index in [2.05, 4.69) is 46.6 Å². The van der Waals surface area contributed by atoms with E-state index in [0.29, 0.717) is 12.4 Å². The van der Waals surface area contributed by atoms with Crippen LogP contribution < -0.4 is 10.6 Å². The maximum absolute atomic E-state index is 5.54. The molecular formula is C18H22N4OS2. The zero-order valence-corrected chi connectivity index (χ0v) is 16.0. The van der Waals surface area contributed by atoms with Crippen molar-refractivity contribution in [3.8, 4) is 10.8 Å². The molecule has 0 unspecified atom stereocenters. The van der Waals surface area contributed by atoms with E-state index in [4.69, 9.17) is 4.42 Å². The van der Waals surface area contributed by atoms with Gasteiger partial charge in [0.1, 0.15) is 12.0 Å². The maximum atomic E-state index is 5.54. The summed E-state index contributed by atoms with van der Waals surface area (Å²) in [5, 5.41) is 8.65. The lowest BCUT2D eigenvalue weighted by molar-refractivity contribution is 0.574. The van der Waals surface area contributed by atoms with Gasteiger partial charge in [-0.1, -0.05) is 13.0 Å². The topological polar surface area (TPSA) is 62.5 Å². The highest BCUT2D eigenvalue weighted by Gasteiger charge is 2.07. The lowest BCUT2D eigenvalue weighted by atomic mass is 10.3. The Morgan fingerprint density at radius 3 is 2.80 bits per heavy atom. The average Bonchev–Trinajstić information content (AvgIpc) is 3.38. The number of rotatable bonds is 7. The van der Waals surface area contributed by atoms with Crippen LogP contribution in [-0.2, 0) is 19.5 Å². The third kappa shape index (κ3) is 4.93. The van der Waals surface area contributed by atoms with Crippen molar-refractivity contribution < 1.29 is 4.42 Å². The molecule has 0 saturated carbocycles. The lowest BCUT2D eigenvalue weighted by Gasteiger charge is -2.09. The van der Waals surface area contributed by atoms with Crippen molar-refractivity contribution >= 4 is 28.6 Å². The highest BCUT2D eigenvalue weighted by Crippen LogP contribution is 2.23. The molecule has 3 rings (SSSR count). The van der Waals surface area contributed by atoms with Crippen LogP contribution in [0.15, 0.2) is 45.3 Å². The van der Waals surface area contributed by atoms with E-state index in [1.54, 1.807) is 17.6 Å². The van der Waals surface area contributed by atoms with Gasteiger partial charge in [-0.05, 0) is 36.9 Å². The van der Waals surface area contributed by atoms with Gasteiger partial charge in [-0.2, -0.15) is 0 Å². The molecule has 25 heavy (non-hydrogen) atoms. The lowest BCUT2D eigenvalue weighted by Crippen LogP contribution is -2.36. The van der Waals surface area contributed by atoms with Crippen LogP contribution in [0.5, 0.6) is 0 Å². The molecule has 7 heteroatoms. The first-order chi connectivity index (χ1) is 12.3. The number of nitrogens with one attached hydrogen (secondary N) is 2. The fraction of sp³-hybridized carbons (Fsp3) is 0.333. The zero-order chi connectivity index (χ0) is 17.5. The predicted octanol–water partition coefficient (Wildman–Crippen LogP) is 4.28. The summed E-state index contributed by atoms with van der Waals surface area (Å²) in [5.74, 6) is 1.44. The first-order valence-electron chi connectivity index (χ1n) is 8.36. The van der Waals surface area contributed by atoms with Crippen LogP contribution in [0.4, 0.5) is 0 Å². The van der Waals surface area contributed by atoms with Gasteiger partial charge in [0.05, 0.1) is 18.0 Å². The molecule has 0 aliphatic carbocycles. The fourth-order valence-corrected chi connectivity index (χ4v) is 3.83. The van der Waals surface area contributed by atoms with Crippen molar-refractivity contribution in [2.24, 2.45) is 4.99 Å². The van der Waals surface area contributed by atoms with Gasteiger partial charge >= 0.3 is 0 Å². The normalized spacial score (nSPS) is 11.7. The summed E-state index contributed by atoms with van der Waals surface area (Å²) in [6.45, 7) is 6.31. The summed E-state index contributed by atoms with van der Waals surface area (Å²) in [6, 6.07) is 8.35. The standard InChI is InChI=1S/C18H22N4OS2/c1-3-14-7-8-15(25-14)11-21-18(19-4-2)20-10-13-12-23-17(22-13)16-6-5-9-24-16/h5-9,12H,3-4,10-11H2,1-2H3,(H2,19,20,21). The van der Waals surface area contributed by atoms with Gasteiger partial charge < -0.3 is 15.1 Å². The quantitative estimate of drug-likeness (QED) is 0.478. The summed E-state index contributed by atoms with van der Waals surface area (Å²) in [7, 11) is 0. The second-order valence-corrected chi connectivity index (χ2v) is 7.59. The molecule has 0 radical (unpaired) electrons. The minimum Gasteiger partial charge on any atom is -0.443 e. The van der Waals surface area contributed by atoms with Crippen molar-refractivity contribution in [2.45, 2.75) is 33.4 Å². The molecule has 0 amide bonds. The second kappa shape index (κ2) is 8.82. The van der Waals surface area contributed by atoms with E-state index in [1.807, 2.05) is 28.8 Å². The van der Waals surface area contributed by atoms with Gasteiger partial charge in [-0.25, -0.2) is 9.98 Å². The molecule has 0 aliphatic heterocycles. The summed E-state index contributed by atoms with van der Waals surface area (Å²) in [6.07, 6.45) is 2.76. The van der Waals surface area contributed by atoms with E-state index in [0.717, 1.165) is 36.0 Å². The molecule has 132 valence electrons. The van der Waals surface area contributed by atoms with E-state index >= 15 is 0 Å². The van der Waals surface area contributed by atoms with Crippen molar-refractivity contribution in [2.75, 3.05) is 6.54 Å². The number of hydrogen-bond acceptors (Lipinski definition) is 5. The Kier molecular flexibility index (Phi) is 6.25. The van der Waals surface area contributed by atoms with Crippen molar-refractivity contribution in [1.29, 1.82) is 0 Å². The third-order valence-electron chi connectivity index (χ3n) is 3.52. The van der Waals surface area contributed by atoms with Gasteiger partial charge in [0.2, 0.25) is 5.89 Å². The van der Waals surface area contributed by atoms with Gasteiger partial charge in [0.15, 0.2) is 5.96 Å². The number of aliphatic imine (C=N–C) groups is 1. The summed E-state index contributed by atoms with van der Waals surface area (Å²) in [5.41, 5.74) is 0.824. The maximum Gasteiger partial charge on any atom is 0.236 e. The molecule has 0 bridgehead atoms. The van der Waals surface area contributed by atoms with Crippen LogP contribution in [-0.4, -0.2) is 17.5 Å². The molecule has 0 spiro atoms. The first-order valence-corrected chi connectivity index (χ1v) is 10.1. The molecule has 0 atom stereocenters. The fourth-order valence-electron chi connectivity index (χ4n) is 2.27. The number of aromatic nitrogens is 1. The van der Waals surface area contributed by atoms with Crippen molar-refractivity contribution in [3.63, 3.8) is 0 Å². The smallest absolute Gasteiger partial charge is 0.236 e. The molecular weight excluding hydrogens is 352 g/mol. The number of hydrogen-bond donors (Lipinski definition) is 2. The Balaban J connectivity index is 1.59. The summed E-state index contributed by atoms with van der Waals surface area (Å²) >= 11 is 3.45. The average molecular weight is 375 g/mol. The predicted molar refractivity (Wildman–Crippen MR) is 105 cm³/mol. The number of nitrogens with zero attached hydrogens (tertiary/aromatic N) is 2. The highest BCUT2D eigenvalue weighted by atomic mass is 32.1. The van der Waals surface area contributed by atoms with E-state index in [1.165, 1.54) is 9.75 Å². The van der Waals surface area contributed by atoms with Crippen molar-refractivity contribution in [1.82, 2.24) is 15.6 Å². The number of guanidine groups is 1. The van der Waals surface area contributed by atoms with Gasteiger partial charge in [-0.3, -0.25) is 0 Å². The monoisotopic (exact) mass is 374 g/mol. The minimum absolute atomic E-state index is 0.481. The van der Waals surface area contributed by atoms with Crippen LogP contribution in [0.1, 0.15) is 29.3 Å². The highest BCUT2D eigenvalue weighted by molar-refractivity contribution is 7.13. The molecule has 5 nitrogen and oxygen atoms in total. The van der Waals surface area contributed by atoms with Crippen LogP contribution >= 0.6 is 22.7 Å². The third-order valence-corrected chi connectivity index (χ3v) is 5.61. The van der Waals surface area contributed by atoms with E-state index in [9.17, 15) is 0 Å². The number of aryl methyl sites for hydroxylation is 1. The first kappa shape index (κ1) is 17.7. The van der Waals surface area contributed by atoms with E-state index in [-0.39, 0.29) is 0 Å².